The van der Waals surface area contributed by atoms with Gasteiger partial charge in [-0.1, -0.05) is 44.2 Å². The van der Waals surface area contributed by atoms with E-state index in [1.807, 2.05) is 30.3 Å². The molecule has 25 heavy (non-hydrogen) atoms. The molecule has 2 rings (SSSR count). The number of nitrogens with one attached hydrogen (secondary N) is 1. The third kappa shape index (κ3) is 5.63. The van der Waals surface area contributed by atoms with Gasteiger partial charge in [0.05, 0.1) is 4.90 Å². The Bertz CT molecular complexity index is 745. The summed E-state index contributed by atoms with van der Waals surface area (Å²) in [5, 5.41) is 0. The lowest BCUT2D eigenvalue weighted by atomic mass is 10.0. The first-order chi connectivity index (χ1) is 12.0. The Balaban J connectivity index is 2.11. The van der Waals surface area contributed by atoms with Crippen LogP contribution >= 0.6 is 0 Å². The van der Waals surface area contributed by atoms with Crippen LogP contribution in [0.3, 0.4) is 0 Å². The van der Waals surface area contributed by atoms with Gasteiger partial charge in [-0.2, -0.15) is 0 Å². The van der Waals surface area contributed by atoms with Crippen molar-refractivity contribution < 1.29 is 12.8 Å². The van der Waals surface area contributed by atoms with Crippen LogP contribution in [0.25, 0.3) is 0 Å². The molecule has 0 radical (unpaired) electrons. The fourth-order valence-corrected chi connectivity index (χ4v) is 3.93. The summed E-state index contributed by atoms with van der Waals surface area (Å²) in [6, 6.07) is 14.9. The van der Waals surface area contributed by atoms with E-state index < -0.39 is 15.8 Å². The van der Waals surface area contributed by atoms with Gasteiger partial charge < -0.3 is 0 Å². The average molecular weight is 364 g/mol. The Morgan fingerprint density at radius 1 is 1.00 bits per heavy atom. The molecule has 0 aromatic heterocycles. The van der Waals surface area contributed by atoms with E-state index in [0.29, 0.717) is 6.54 Å². The minimum absolute atomic E-state index is 0.0487. The Morgan fingerprint density at radius 3 is 2.16 bits per heavy atom. The molecule has 4 nitrogen and oxygen atoms in total. The average Bonchev–Trinajstić information content (AvgIpc) is 2.62. The lowest BCUT2D eigenvalue weighted by molar-refractivity contribution is 0.216. The second-order valence-corrected chi connectivity index (χ2v) is 7.64. The van der Waals surface area contributed by atoms with Gasteiger partial charge in [0.2, 0.25) is 10.0 Å². The fourth-order valence-electron chi connectivity index (χ4n) is 2.86. The van der Waals surface area contributed by atoms with Gasteiger partial charge in [-0.25, -0.2) is 17.5 Å². The maximum absolute atomic E-state index is 13.0. The first-order valence-electron chi connectivity index (χ1n) is 8.49. The number of likely N-dealkylation sites (N-methyl/N-ethyl adjacent to an activating group) is 1. The summed E-state index contributed by atoms with van der Waals surface area (Å²) >= 11 is 0. The molecule has 0 saturated heterocycles. The Kier molecular flexibility index (Phi) is 7.11. The lowest BCUT2D eigenvalue weighted by Crippen LogP contribution is -2.45. The quantitative estimate of drug-likeness (QED) is 0.744. The summed E-state index contributed by atoms with van der Waals surface area (Å²) in [6.45, 7) is 6.11. The highest BCUT2D eigenvalue weighted by Gasteiger charge is 2.21. The molecular weight excluding hydrogens is 339 g/mol. The number of sulfonamides is 1. The highest BCUT2D eigenvalue weighted by Crippen LogP contribution is 2.12. The van der Waals surface area contributed by atoms with Crippen LogP contribution in [0.1, 0.15) is 19.4 Å². The first-order valence-corrected chi connectivity index (χ1v) is 9.97. The maximum atomic E-state index is 13.0. The highest BCUT2D eigenvalue weighted by molar-refractivity contribution is 7.89. The van der Waals surface area contributed by atoms with Crippen LogP contribution in [0.5, 0.6) is 0 Å². The molecule has 1 atom stereocenters. The van der Waals surface area contributed by atoms with Crippen molar-refractivity contribution in [1.82, 2.24) is 9.62 Å². The number of benzene rings is 2. The largest absolute Gasteiger partial charge is 0.299 e. The lowest BCUT2D eigenvalue weighted by Gasteiger charge is -2.30. The molecule has 0 bridgehead atoms. The predicted octanol–water partition coefficient (Wildman–Crippen LogP) is 3.06. The number of halogens is 1. The third-order valence-electron chi connectivity index (χ3n) is 4.28. The van der Waals surface area contributed by atoms with Crippen LogP contribution < -0.4 is 4.72 Å². The molecule has 136 valence electrons. The van der Waals surface area contributed by atoms with E-state index in [-0.39, 0.29) is 10.9 Å². The van der Waals surface area contributed by atoms with Gasteiger partial charge >= 0.3 is 0 Å². The van der Waals surface area contributed by atoms with Gasteiger partial charge in [0.1, 0.15) is 5.82 Å². The number of nitrogens with zero attached hydrogens (tertiary/aromatic N) is 1. The normalized spacial score (nSPS) is 13.1. The van der Waals surface area contributed by atoms with E-state index in [1.54, 1.807) is 0 Å². The van der Waals surface area contributed by atoms with Crippen molar-refractivity contribution in [2.75, 3.05) is 19.6 Å². The molecule has 6 heteroatoms. The number of rotatable bonds is 9. The van der Waals surface area contributed by atoms with Gasteiger partial charge in [0.15, 0.2) is 0 Å². The van der Waals surface area contributed by atoms with E-state index >= 15 is 0 Å². The van der Waals surface area contributed by atoms with Gasteiger partial charge in [0.25, 0.3) is 0 Å². The van der Waals surface area contributed by atoms with Crippen molar-refractivity contribution in [2.45, 2.75) is 31.2 Å². The molecule has 0 saturated carbocycles. The van der Waals surface area contributed by atoms with Crippen molar-refractivity contribution in [3.8, 4) is 0 Å². The molecule has 0 heterocycles. The van der Waals surface area contributed by atoms with Crippen LogP contribution in [-0.4, -0.2) is 39.0 Å². The van der Waals surface area contributed by atoms with E-state index in [4.69, 9.17) is 0 Å². The third-order valence-corrected chi connectivity index (χ3v) is 5.72. The molecule has 0 spiro atoms. The molecule has 1 N–H and O–H groups in total. The van der Waals surface area contributed by atoms with Crippen molar-refractivity contribution in [1.29, 1.82) is 0 Å². The summed E-state index contributed by atoms with van der Waals surface area (Å²) in [4.78, 5) is 2.31. The Morgan fingerprint density at radius 2 is 1.60 bits per heavy atom. The zero-order valence-electron chi connectivity index (χ0n) is 14.7. The van der Waals surface area contributed by atoms with Crippen molar-refractivity contribution >= 4 is 10.0 Å². The van der Waals surface area contributed by atoms with Crippen molar-refractivity contribution in [2.24, 2.45) is 0 Å². The Labute approximate surface area is 149 Å². The molecule has 0 fully saturated rings. The van der Waals surface area contributed by atoms with Crippen LogP contribution in [0, 0.1) is 5.82 Å². The molecule has 1 unspecified atom stereocenters. The van der Waals surface area contributed by atoms with Gasteiger partial charge in [-0.15, -0.1) is 0 Å². The number of hydrogen-bond acceptors (Lipinski definition) is 3. The molecular formula is C19H25FN2O2S. The van der Waals surface area contributed by atoms with Crippen molar-refractivity contribution in [3.05, 3.63) is 66.0 Å². The SMILES string of the molecule is CCN(CC)C(CNS(=O)(=O)c1ccc(F)cc1)Cc1ccccc1. The Hall–Kier alpha value is -1.76. The summed E-state index contributed by atoms with van der Waals surface area (Å²) in [6.07, 6.45) is 0.758. The molecule has 0 amide bonds. The molecule has 2 aromatic rings. The van der Waals surface area contributed by atoms with Crippen LogP contribution in [0.2, 0.25) is 0 Å². The highest BCUT2D eigenvalue weighted by atomic mass is 32.2. The number of hydrogen-bond donors (Lipinski definition) is 1. The van der Waals surface area contributed by atoms with E-state index in [2.05, 4.69) is 23.5 Å². The smallest absolute Gasteiger partial charge is 0.240 e. The summed E-state index contributed by atoms with van der Waals surface area (Å²) in [5.74, 6) is -0.455. The summed E-state index contributed by atoms with van der Waals surface area (Å²) in [7, 11) is -3.66. The van der Waals surface area contributed by atoms with Crippen LogP contribution in [0.4, 0.5) is 4.39 Å². The molecule has 0 aliphatic heterocycles. The second kappa shape index (κ2) is 9.08. The predicted molar refractivity (Wildman–Crippen MR) is 98.4 cm³/mol. The maximum Gasteiger partial charge on any atom is 0.240 e. The van der Waals surface area contributed by atoms with E-state index in [9.17, 15) is 12.8 Å². The zero-order chi connectivity index (χ0) is 18.3. The topological polar surface area (TPSA) is 49.4 Å². The van der Waals surface area contributed by atoms with Gasteiger partial charge in [-0.3, -0.25) is 4.90 Å². The summed E-state index contributed by atoms with van der Waals surface area (Å²) in [5.41, 5.74) is 1.17. The standard InChI is InChI=1S/C19H25FN2O2S/c1-3-22(4-2)18(14-16-8-6-5-7-9-16)15-21-25(23,24)19-12-10-17(20)11-13-19/h5-13,18,21H,3-4,14-15H2,1-2H3. The zero-order valence-corrected chi connectivity index (χ0v) is 15.5. The van der Waals surface area contributed by atoms with Crippen molar-refractivity contribution in [3.63, 3.8) is 0 Å². The van der Waals surface area contributed by atoms with Crippen LogP contribution in [0.15, 0.2) is 59.5 Å². The minimum atomic E-state index is -3.66. The summed E-state index contributed by atoms with van der Waals surface area (Å²) < 4.78 is 40.6. The monoisotopic (exact) mass is 364 g/mol. The molecule has 2 aromatic carbocycles. The van der Waals surface area contributed by atoms with Crippen LogP contribution in [-0.2, 0) is 16.4 Å². The molecule has 0 aliphatic rings. The fraction of sp³-hybridized carbons (Fsp3) is 0.368. The van der Waals surface area contributed by atoms with Gasteiger partial charge in [-0.05, 0) is 49.3 Å². The molecule has 0 aliphatic carbocycles. The first kappa shape index (κ1) is 19.6. The van der Waals surface area contributed by atoms with Gasteiger partial charge in [0, 0.05) is 12.6 Å². The van der Waals surface area contributed by atoms with E-state index in [1.165, 1.54) is 17.7 Å². The second-order valence-electron chi connectivity index (χ2n) is 5.87. The minimum Gasteiger partial charge on any atom is -0.299 e. The van der Waals surface area contributed by atoms with E-state index in [0.717, 1.165) is 31.6 Å².